The van der Waals surface area contributed by atoms with Crippen molar-refractivity contribution >= 4 is 14.3 Å². The Hall–Kier alpha value is -2.19. The Morgan fingerprint density at radius 1 is 1.29 bits per heavy atom. The highest BCUT2D eigenvalue weighted by Gasteiger charge is 2.69. The van der Waals surface area contributed by atoms with Crippen molar-refractivity contribution < 1.29 is 23.6 Å². The fourth-order valence-electron chi connectivity index (χ4n) is 3.68. The SMILES string of the molecule is CO[C@@H]1C=C(O[Si](C)(C)C(C)(C)C)C[C@H]2c3ccccc3OC(=O)[C@@]12[N+](=O)[O-]. The highest BCUT2D eigenvalue weighted by atomic mass is 28.4. The molecule has 0 unspecified atom stereocenters. The topological polar surface area (TPSA) is 87.9 Å². The molecule has 0 bridgehead atoms. The molecule has 1 aromatic carbocycles. The lowest BCUT2D eigenvalue weighted by atomic mass is 9.69. The minimum atomic E-state index is -2.16. The van der Waals surface area contributed by atoms with Gasteiger partial charge in [0, 0.05) is 24.0 Å². The Balaban J connectivity index is 2.14. The van der Waals surface area contributed by atoms with E-state index < -0.39 is 36.8 Å². The van der Waals surface area contributed by atoms with Crippen molar-refractivity contribution in [2.75, 3.05) is 7.11 Å². The van der Waals surface area contributed by atoms with Gasteiger partial charge in [-0.15, -0.1) is 0 Å². The third-order valence-corrected chi connectivity index (χ3v) is 10.7. The maximum absolute atomic E-state index is 12.9. The summed E-state index contributed by atoms with van der Waals surface area (Å²) in [7, 11) is -0.794. The summed E-state index contributed by atoms with van der Waals surface area (Å²) in [6, 6.07) is 6.96. The van der Waals surface area contributed by atoms with Gasteiger partial charge in [-0.1, -0.05) is 39.0 Å². The molecule has 0 saturated heterocycles. The van der Waals surface area contributed by atoms with E-state index in [2.05, 4.69) is 33.9 Å². The molecule has 0 spiro atoms. The smallest absolute Gasteiger partial charge is 0.394 e. The first-order valence-electron chi connectivity index (χ1n) is 9.33. The van der Waals surface area contributed by atoms with E-state index >= 15 is 0 Å². The first kappa shape index (κ1) is 20.5. The van der Waals surface area contributed by atoms with Crippen molar-refractivity contribution in [3.8, 4) is 5.75 Å². The number of methoxy groups -OCH3 is 1. The number of carbonyl (C=O) groups is 1. The van der Waals surface area contributed by atoms with Crippen LogP contribution in [-0.2, 0) is 14.0 Å². The number of hydrogen-bond acceptors (Lipinski definition) is 6. The summed E-state index contributed by atoms with van der Waals surface area (Å²) in [6.45, 7) is 10.6. The lowest BCUT2D eigenvalue weighted by Crippen LogP contribution is -2.64. The molecular formula is C20H27NO6Si. The van der Waals surface area contributed by atoms with E-state index in [0.29, 0.717) is 17.1 Å². The molecule has 0 aromatic heterocycles. The molecular weight excluding hydrogens is 378 g/mol. The summed E-state index contributed by atoms with van der Waals surface area (Å²) in [6.07, 6.45) is 0.760. The maximum atomic E-state index is 12.9. The van der Waals surface area contributed by atoms with Crippen LogP contribution >= 0.6 is 0 Å². The second kappa shape index (κ2) is 6.70. The van der Waals surface area contributed by atoms with E-state index in [1.54, 1.807) is 30.3 Å². The molecule has 1 aliphatic heterocycles. The molecule has 0 radical (unpaired) electrons. The van der Waals surface area contributed by atoms with Crippen molar-refractivity contribution in [3.05, 3.63) is 51.8 Å². The molecule has 8 heteroatoms. The van der Waals surface area contributed by atoms with Crippen molar-refractivity contribution in [1.82, 2.24) is 0 Å². The van der Waals surface area contributed by atoms with Gasteiger partial charge in [0.1, 0.15) is 5.75 Å². The molecule has 7 nitrogen and oxygen atoms in total. The van der Waals surface area contributed by atoms with Gasteiger partial charge in [0.15, 0.2) is 6.10 Å². The molecule has 0 amide bonds. The molecule has 0 saturated carbocycles. The average Bonchev–Trinajstić information content (AvgIpc) is 2.59. The summed E-state index contributed by atoms with van der Waals surface area (Å²) in [5, 5.41) is 12.2. The Bertz CT molecular complexity index is 843. The van der Waals surface area contributed by atoms with Crippen LogP contribution in [0.4, 0.5) is 0 Å². The fourth-order valence-corrected chi connectivity index (χ4v) is 4.79. The van der Waals surface area contributed by atoms with Crippen molar-refractivity contribution in [2.45, 2.75) is 62.9 Å². The predicted octanol–water partition coefficient (Wildman–Crippen LogP) is 4.03. The summed E-state index contributed by atoms with van der Waals surface area (Å²) in [4.78, 5) is 24.5. The zero-order valence-electron chi connectivity index (χ0n) is 17.1. The van der Waals surface area contributed by atoms with Crippen LogP contribution < -0.4 is 4.74 Å². The van der Waals surface area contributed by atoms with Crippen LogP contribution in [0.5, 0.6) is 5.75 Å². The van der Waals surface area contributed by atoms with E-state index in [4.69, 9.17) is 13.9 Å². The van der Waals surface area contributed by atoms with Gasteiger partial charge < -0.3 is 13.9 Å². The number of nitrogens with zero attached hydrogens (tertiary/aromatic N) is 1. The standard InChI is InChI=1S/C20H27NO6Si/c1-19(2,3)28(5,6)27-13-11-15-14-9-7-8-10-16(14)26-18(22)20(15,21(23)24)17(12-13)25-4/h7-10,12,15,17H,11H2,1-6H3/t15-,17+,20-/m0/s1. The second-order valence-electron chi connectivity index (χ2n) is 8.92. The lowest BCUT2D eigenvalue weighted by molar-refractivity contribution is -0.571. The van der Waals surface area contributed by atoms with Gasteiger partial charge >= 0.3 is 11.5 Å². The van der Waals surface area contributed by atoms with Crippen LogP contribution in [0.3, 0.4) is 0 Å². The highest BCUT2D eigenvalue weighted by molar-refractivity contribution is 6.74. The zero-order valence-corrected chi connectivity index (χ0v) is 18.1. The first-order valence-corrected chi connectivity index (χ1v) is 12.2. The molecule has 1 aromatic rings. The van der Waals surface area contributed by atoms with Crippen LogP contribution in [0.1, 0.15) is 38.7 Å². The number of allylic oxidation sites excluding steroid dienone is 1. The molecule has 1 heterocycles. The fraction of sp³-hybridized carbons (Fsp3) is 0.550. The summed E-state index contributed by atoms with van der Waals surface area (Å²) in [5.74, 6) is -0.617. The number of rotatable bonds is 4. The number of carbonyl (C=O) groups excluding carboxylic acids is 1. The van der Waals surface area contributed by atoms with E-state index in [0.717, 1.165) is 0 Å². The Labute approximate surface area is 165 Å². The van der Waals surface area contributed by atoms with Crippen molar-refractivity contribution in [1.29, 1.82) is 0 Å². The predicted molar refractivity (Wildman–Crippen MR) is 106 cm³/mol. The van der Waals surface area contributed by atoms with E-state index in [1.165, 1.54) is 7.11 Å². The van der Waals surface area contributed by atoms with Gasteiger partial charge in [-0.3, -0.25) is 10.1 Å². The molecule has 3 rings (SSSR count). The molecule has 28 heavy (non-hydrogen) atoms. The van der Waals surface area contributed by atoms with Gasteiger partial charge in [-0.05, 0) is 30.3 Å². The van der Waals surface area contributed by atoms with Gasteiger partial charge in [0.05, 0.1) is 11.7 Å². The largest absolute Gasteiger partial charge is 0.547 e. The summed E-state index contributed by atoms with van der Waals surface area (Å²) < 4.78 is 17.3. The number of esters is 1. The molecule has 3 atom stereocenters. The van der Waals surface area contributed by atoms with Crippen molar-refractivity contribution in [3.63, 3.8) is 0 Å². The molecule has 1 aliphatic carbocycles. The molecule has 2 aliphatic rings. The van der Waals surface area contributed by atoms with Crippen LogP contribution in [0.15, 0.2) is 36.1 Å². The van der Waals surface area contributed by atoms with Gasteiger partial charge in [0.25, 0.3) is 0 Å². The Morgan fingerprint density at radius 2 is 1.93 bits per heavy atom. The normalized spacial score (nSPS) is 27.2. The monoisotopic (exact) mass is 405 g/mol. The van der Waals surface area contributed by atoms with E-state index in [-0.39, 0.29) is 11.5 Å². The van der Waals surface area contributed by atoms with Crippen LogP contribution in [0.2, 0.25) is 18.1 Å². The van der Waals surface area contributed by atoms with Crippen LogP contribution in [-0.4, -0.2) is 38.0 Å². The van der Waals surface area contributed by atoms with Gasteiger partial charge in [0.2, 0.25) is 8.32 Å². The average molecular weight is 406 g/mol. The van der Waals surface area contributed by atoms with Gasteiger partial charge in [-0.2, -0.15) is 0 Å². The minimum absolute atomic E-state index is 0.0303. The first-order chi connectivity index (χ1) is 12.9. The maximum Gasteiger partial charge on any atom is 0.394 e. The summed E-state index contributed by atoms with van der Waals surface area (Å²) >= 11 is 0. The van der Waals surface area contributed by atoms with Crippen molar-refractivity contribution in [2.24, 2.45) is 0 Å². The Kier molecular flexibility index (Phi) is 4.92. The number of benzene rings is 1. The summed E-state index contributed by atoms with van der Waals surface area (Å²) in [5.41, 5.74) is -1.39. The third-order valence-electron chi connectivity index (χ3n) is 6.28. The molecule has 152 valence electrons. The van der Waals surface area contributed by atoms with E-state index in [9.17, 15) is 14.9 Å². The third kappa shape index (κ3) is 2.95. The Morgan fingerprint density at radius 3 is 2.50 bits per heavy atom. The second-order valence-corrected chi connectivity index (χ2v) is 13.6. The zero-order chi connectivity index (χ0) is 20.9. The van der Waals surface area contributed by atoms with Crippen LogP contribution in [0.25, 0.3) is 0 Å². The molecule has 0 fully saturated rings. The quantitative estimate of drug-likeness (QED) is 0.247. The number of para-hydroxylation sites is 1. The van der Waals surface area contributed by atoms with Gasteiger partial charge in [-0.25, -0.2) is 4.79 Å². The lowest BCUT2D eigenvalue weighted by Gasteiger charge is -2.44. The van der Waals surface area contributed by atoms with Crippen LogP contribution in [0, 0.1) is 10.1 Å². The number of nitro groups is 1. The molecule has 0 N–H and O–H groups in total. The number of ether oxygens (including phenoxy) is 2. The highest BCUT2D eigenvalue weighted by Crippen LogP contribution is 2.51. The number of fused-ring (bicyclic) bond motifs is 3. The minimum Gasteiger partial charge on any atom is -0.547 e. The van der Waals surface area contributed by atoms with E-state index in [1.807, 2.05) is 0 Å². The number of hydrogen-bond donors (Lipinski definition) is 0.